The lowest BCUT2D eigenvalue weighted by atomic mass is 9.95. The predicted octanol–water partition coefficient (Wildman–Crippen LogP) is 5.61. The molecule has 0 unspecified atom stereocenters. The molecule has 0 saturated carbocycles. The molecule has 2 aliphatic rings. The number of likely N-dealkylation sites (tertiary alicyclic amines) is 1. The minimum absolute atomic E-state index is 0.101. The van der Waals surface area contributed by atoms with Crippen molar-refractivity contribution in [3.8, 4) is 0 Å². The van der Waals surface area contributed by atoms with Gasteiger partial charge in [-0.05, 0) is 69.0 Å². The molecule has 0 spiro atoms. The highest BCUT2D eigenvalue weighted by molar-refractivity contribution is 6.42. The van der Waals surface area contributed by atoms with Gasteiger partial charge in [-0.2, -0.15) is 0 Å². The van der Waals surface area contributed by atoms with Gasteiger partial charge < -0.3 is 15.1 Å². The number of rotatable bonds is 10. The van der Waals surface area contributed by atoms with E-state index in [4.69, 9.17) is 23.2 Å². The molecule has 222 valence electrons. The highest BCUT2D eigenvalue weighted by Crippen LogP contribution is 2.25. The Morgan fingerprint density at radius 3 is 2.41 bits per heavy atom. The molecule has 2 aliphatic heterocycles. The third-order valence-electron chi connectivity index (χ3n) is 8.38. The Morgan fingerprint density at radius 2 is 1.76 bits per heavy atom. The maximum absolute atomic E-state index is 14.0. The van der Waals surface area contributed by atoms with Crippen molar-refractivity contribution >= 4 is 40.9 Å². The van der Waals surface area contributed by atoms with Crippen LogP contribution < -0.4 is 5.32 Å². The molecular formula is C32H42Cl2N4O3. The van der Waals surface area contributed by atoms with Crippen LogP contribution in [0.4, 0.5) is 0 Å². The van der Waals surface area contributed by atoms with E-state index < -0.39 is 5.91 Å². The van der Waals surface area contributed by atoms with Crippen LogP contribution >= 0.6 is 23.2 Å². The largest absolute Gasteiger partial charge is 0.341 e. The molecule has 9 heteroatoms. The van der Waals surface area contributed by atoms with Gasteiger partial charge in [0.2, 0.25) is 11.8 Å². The van der Waals surface area contributed by atoms with Crippen molar-refractivity contribution in [2.45, 2.75) is 70.4 Å². The Labute approximate surface area is 254 Å². The first kappa shape index (κ1) is 31.5. The van der Waals surface area contributed by atoms with Crippen molar-refractivity contribution in [1.29, 1.82) is 0 Å². The van der Waals surface area contributed by atoms with Crippen LogP contribution in [0.25, 0.3) is 0 Å². The van der Waals surface area contributed by atoms with Crippen LogP contribution in [-0.2, 0) is 9.59 Å². The smallest absolute Gasteiger partial charge is 0.260 e. The number of amides is 3. The second kappa shape index (κ2) is 15.1. The molecule has 2 heterocycles. The molecule has 7 nitrogen and oxygen atoms in total. The lowest BCUT2D eigenvalue weighted by Gasteiger charge is -2.31. The average Bonchev–Trinajstić information content (AvgIpc) is 3.13. The van der Waals surface area contributed by atoms with Crippen molar-refractivity contribution in [1.82, 2.24) is 20.0 Å². The zero-order valence-electron chi connectivity index (χ0n) is 24.2. The normalized spacial score (nSPS) is 20.9. The van der Waals surface area contributed by atoms with Gasteiger partial charge in [0.25, 0.3) is 5.91 Å². The summed E-state index contributed by atoms with van der Waals surface area (Å²) < 4.78 is 0. The second-order valence-corrected chi connectivity index (χ2v) is 12.1. The number of nitrogens with zero attached hydrogens (tertiary/aromatic N) is 3. The summed E-state index contributed by atoms with van der Waals surface area (Å²) in [7, 11) is 0. The van der Waals surface area contributed by atoms with E-state index >= 15 is 0 Å². The van der Waals surface area contributed by atoms with Gasteiger partial charge in [0.05, 0.1) is 16.1 Å². The number of piperidine rings is 1. The van der Waals surface area contributed by atoms with Crippen LogP contribution in [0.1, 0.15) is 74.2 Å². The Kier molecular flexibility index (Phi) is 11.6. The van der Waals surface area contributed by atoms with Gasteiger partial charge >= 0.3 is 0 Å². The topological polar surface area (TPSA) is 73.0 Å². The van der Waals surface area contributed by atoms with Gasteiger partial charge in [0.1, 0.15) is 0 Å². The standard InChI is InChI=1S/C32H42Cl2N4O3/c1-3-24(25-10-6-4-7-11-25)21-37-19-14-27(35-30(32(37)41)15-18-36-16-8-5-9-17-36)22-38(23(2)39)31(40)26-12-13-28(33)29(34)20-26/h4,6-7,10-13,20,24,27,30,35H,3,5,8-9,14-19,21-22H2,1-2H3/t24-,27+,30+/m1/s1. The number of benzene rings is 2. The quantitative estimate of drug-likeness (QED) is 0.384. The van der Waals surface area contributed by atoms with Crippen molar-refractivity contribution in [2.75, 3.05) is 39.3 Å². The Balaban J connectivity index is 1.52. The number of halogens is 2. The number of carbonyl (C=O) groups excluding carboxylic acids is 3. The molecule has 3 amide bonds. The van der Waals surface area contributed by atoms with Crippen molar-refractivity contribution in [3.05, 3.63) is 69.7 Å². The molecule has 0 bridgehead atoms. The van der Waals surface area contributed by atoms with E-state index in [1.54, 1.807) is 12.1 Å². The van der Waals surface area contributed by atoms with E-state index in [0.29, 0.717) is 36.5 Å². The lowest BCUT2D eigenvalue weighted by Crippen LogP contribution is -2.51. The molecule has 4 rings (SSSR count). The molecular weight excluding hydrogens is 559 g/mol. The van der Waals surface area contributed by atoms with Crippen molar-refractivity contribution in [2.24, 2.45) is 0 Å². The first-order chi connectivity index (χ1) is 19.8. The summed E-state index contributed by atoms with van der Waals surface area (Å²) in [5.41, 5.74) is 1.53. The molecule has 0 aromatic heterocycles. The van der Waals surface area contributed by atoms with Gasteiger partial charge in [-0.3, -0.25) is 19.3 Å². The van der Waals surface area contributed by atoms with Gasteiger partial charge in [0, 0.05) is 50.6 Å². The van der Waals surface area contributed by atoms with Gasteiger partial charge in [-0.1, -0.05) is 66.9 Å². The lowest BCUT2D eigenvalue weighted by molar-refractivity contribution is -0.133. The molecule has 0 aliphatic carbocycles. The Hall–Kier alpha value is -2.45. The fraction of sp³-hybridized carbons (Fsp3) is 0.531. The third-order valence-corrected chi connectivity index (χ3v) is 9.12. The maximum Gasteiger partial charge on any atom is 0.260 e. The van der Waals surface area contributed by atoms with Gasteiger partial charge in [-0.25, -0.2) is 0 Å². The number of imide groups is 1. The molecule has 1 N–H and O–H groups in total. The fourth-order valence-corrected chi connectivity index (χ4v) is 6.23. The molecule has 2 aromatic carbocycles. The summed E-state index contributed by atoms with van der Waals surface area (Å²) in [6, 6.07) is 14.4. The zero-order chi connectivity index (χ0) is 29.4. The van der Waals surface area contributed by atoms with Gasteiger partial charge in [-0.15, -0.1) is 0 Å². The van der Waals surface area contributed by atoms with Crippen LogP contribution in [-0.4, -0.2) is 83.8 Å². The van der Waals surface area contributed by atoms with E-state index in [0.717, 1.165) is 26.1 Å². The monoisotopic (exact) mass is 600 g/mol. The summed E-state index contributed by atoms with van der Waals surface area (Å²) in [5.74, 6) is -0.436. The van der Waals surface area contributed by atoms with Crippen molar-refractivity contribution < 1.29 is 14.4 Å². The van der Waals surface area contributed by atoms with Gasteiger partial charge in [0.15, 0.2) is 0 Å². The SMILES string of the molecule is CC[C@H](CN1CC[C@@H](CN(C(C)=O)C(=O)c2ccc(Cl)c(Cl)c2)N[C@@H](CCN2CCCCC2)C1=O)c1ccccc1. The highest BCUT2D eigenvalue weighted by Gasteiger charge is 2.34. The minimum Gasteiger partial charge on any atom is -0.341 e. The third kappa shape index (κ3) is 8.54. The summed E-state index contributed by atoms with van der Waals surface area (Å²) >= 11 is 12.2. The second-order valence-electron chi connectivity index (χ2n) is 11.3. The van der Waals surface area contributed by atoms with Crippen LogP contribution in [0.5, 0.6) is 0 Å². The Bertz CT molecular complexity index is 1190. The number of hydrogen-bond donors (Lipinski definition) is 1. The Morgan fingerprint density at radius 1 is 1.02 bits per heavy atom. The number of nitrogens with one attached hydrogen (secondary N) is 1. The minimum atomic E-state index is -0.426. The maximum atomic E-state index is 14.0. The number of hydrogen-bond acceptors (Lipinski definition) is 5. The van der Waals surface area contributed by atoms with Crippen LogP contribution in [0.15, 0.2) is 48.5 Å². The first-order valence-electron chi connectivity index (χ1n) is 14.9. The van der Waals surface area contributed by atoms with E-state index in [2.05, 4.69) is 29.3 Å². The molecule has 2 fully saturated rings. The van der Waals surface area contributed by atoms with Crippen molar-refractivity contribution in [3.63, 3.8) is 0 Å². The van der Waals surface area contributed by atoms with E-state index in [9.17, 15) is 14.4 Å². The molecule has 41 heavy (non-hydrogen) atoms. The molecule has 2 saturated heterocycles. The van der Waals surface area contributed by atoms with E-state index in [1.807, 2.05) is 23.1 Å². The average molecular weight is 602 g/mol. The molecule has 3 atom stereocenters. The zero-order valence-corrected chi connectivity index (χ0v) is 25.7. The summed E-state index contributed by atoms with van der Waals surface area (Å²) in [6.07, 6.45) is 5.91. The highest BCUT2D eigenvalue weighted by atomic mass is 35.5. The van der Waals surface area contributed by atoms with Crippen LogP contribution in [0.2, 0.25) is 10.0 Å². The number of carbonyl (C=O) groups is 3. The first-order valence-corrected chi connectivity index (χ1v) is 15.6. The van der Waals surface area contributed by atoms with Crippen LogP contribution in [0, 0.1) is 0 Å². The summed E-state index contributed by atoms with van der Waals surface area (Å²) in [4.78, 5) is 45.7. The molecule has 0 radical (unpaired) electrons. The van der Waals surface area contributed by atoms with Crippen LogP contribution in [0.3, 0.4) is 0 Å². The van der Waals surface area contributed by atoms with E-state index in [-0.39, 0.29) is 41.4 Å². The molecule has 2 aromatic rings. The predicted molar refractivity (Wildman–Crippen MR) is 164 cm³/mol. The summed E-state index contributed by atoms with van der Waals surface area (Å²) in [6.45, 7) is 7.91. The van der Waals surface area contributed by atoms with E-state index in [1.165, 1.54) is 42.7 Å². The fourth-order valence-electron chi connectivity index (χ4n) is 5.93. The summed E-state index contributed by atoms with van der Waals surface area (Å²) in [5, 5.41) is 4.17.